The second-order valence-corrected chi connectivity index (χ2v) is 6.88. The third-order valence-electron chi connectivity index (χ3n) is 4.41. The molecule has 8 heteroatoms. The average Bonchev–Trinajstić information content (AvgIpc) is 3.36. The Balaban J connectivity index is 1.53. The largest absolute Gasteiger partial charge is 0.339 e. The van der Waals surface area contributed by atoms with Crippen molar-refractivity contribution in [3.8, 4) is 17.1 Å². The smallest absolute Gasteiger partial charge is 0.259 e. The van der Waals surface area contributed by atoms with Gasteiger partial charge >= 0.3 is 0 Å². The molecule has 0 saturated heterocycles. The number of aryl methyl sites for hydroxylation is 2. The standard InChI is InChI=1S/C21H18ClN5O2/c1-3-19-24-20(26-29-19)14-4-10-17(11-5-14)27-12-18(13(2)25-27)21(28)23-16-8-6-15(22)7-9-16/h4-12H,3H2,1-2H3,(H,23,28). The maximum absolute atomic E-state index is 12.6. The molecule has 2 heterocycles. The number of rotatable bonds is 5. The van der Waals surface area contributed by atoms with Crippen LogP contribution in [-0.2, 0) is 6.42 Å². The van der Waals surface area contributed by atoms with Gasteiger partial charge in [-0.25, -0.2) is 4.68 Å². The van der Waals surface area contributed by atoms with Crippen molar-refractivity contribution in [3.05, 3.63) is 76.9 Å². The van der Waals surface area contributed by atoms with Crippen LogP contribution in [0.1, 0.15) is 28.9 Å². The first kappa shape index (κ1) is 18.9. The Morgan fingerprint density at radius 2 is 1.86 bits per heavy atom. The summed E-state index contributed by atoms with van der Waals surface area (Å²) in [4.78, 5) is 16.9. The van der Waals surface area contributed by atoms with Gasteiger partial charge in [-0.05, 0) is 55.5 Å². The third kappa shape index (κ3) is 4.05. The number of carbonyl (C=O) groups is 1. The van der Waals surface area contributed by atoms with E-state index in [1.807, 2.05) is 31.2 Å². The molecule has 0 saturated carbocycles. The summed E-state index contributed by atoms with van der Waals surface area (Å²) in [6.45, 7) is 3.76. The lowest BCUT2D eigenvalue weighted by molar-refractivity contribution is 0.102. The van der Waals surface area contributed by atoms with E-state index in [9.17, 15) is 4.79 Å². The molecular weight excluding hydrogens is 390 g/mol. The zero-order chi connectivity index (χ0) is 20.4. The van der Waals surface area contributed by atoms with Gasteiger partial charge in [0.25, 0.3) is 5.91 Å². The summed E-state index contributed by atoms with van der Waals surface area (Å²) in [6, 6.07) is 14.5. The van der Waals surface area contributed by atoms with Gasteiger partial charge in [0.1, 0.15) is 0 Å². The zero-order valence-corrected chi connectivity index (χ0v) is 16.6. The fraction of sp³-hybridized carbons (Fsp3) is 0.143. The number of amides is 1. The van der Waals surface area contributed by atoms with Crippen LogP contribution in [-0.4, -0.2) is 25.8 Å². The van der Waals surface area contributed by atoms with Crippen LogP contribution in [0.4, 0.5) is 5.69 Å². The van der Waals surface area contributed by atoms with E-state index in [2.05, 4.69) is 20.6 Å². The van der Waals surface area contributed by atoms with Gasteiger partial charge in [-0.2, -0.15) is 10.1 Å². The second-order valence-electron chi connectivity index (χ2n) is 6.45. The highest BCUT2D eigenvalue weighted by atomic mass is 35.5. The lowest BCUT2D eigenvalue weighted by Gasteiger charge is -2.04. The van der Waals surface area contributed by atoms with Crippen LogP contribution in [0.5, 0.6) is 0 Å². The van der Waals surface area contributed by atoms with Crippen LogP contribution >= 0.6 is 11.6 Å². The first-order valence-electron chi connectivity index (χ1n) is 9.10. The van der Waals surface area contributed by atoms with Crippen molar-refractivity contribution in [1.29, 1.82) is 0 Å². The van der Waals surface area contributed by atoms with Crippen molar-refractivity contribution in [2.24, 2.45) is 0 Å². The topological polar surface area (TPSA) is 85.8 Å². The van der Waals surface area contributed by atoms with E-state index < -0.39 is 0 Å². The lowest BCUT2D eigenvalue weighted by Crippen LogP contribution is -2.12. The molecular formula is C21H18ClN5O2. The molecule has 4 rings (SSSR count). The molecule has 0 aliphatic heterocycles. The summed E-state index contributed by atoms with van der Waals surface area (Å²) in [5.74, 6) is 0.919. The molecule has 0 radical (unpaired) electrons. The molecule has 7 nitrogen and oxygen atoms in total. The molecule has 2 aromatic carbocycles. The Morgan fingerprint density at radius 1 is 1.14 bits per heavy atom. The van der Waals surface area contributed by atoms with Gasteiger partial charge in [-0.15, -0.1) is 0 Å². The lowest BCUT2D eigenvalue weighted by atomic mass is 10.2. The molecule has 1 N–H and O–H groups in total. The summed E-state index contributed by atoms with van der Waals surface area (Å²) < 4.78 is 6.82. The first-order valence-corrected chi connectivity index (χ1v) is 9.48. The van der Waals surface area contributed by atoms with Gasteiger partial charge in [0.2, 0.25) is 11.7 Å². The summed E-state index contributed by atoms with van der Waals surface area (Å²) in [5, 5.41) is 11.9. The molecule has 29 heavy (non-hydrogen) atoms. The van der Waals surface area contributed by atoms with Gasteiger partial charge in [-0.3, -0.25) is 4.79 Å². The number of hydrogen-bond donors (Lipinski definition) is 1. The van der Waals surface area contributed by atoms with Gasteiger partial charge in [0, 0.05) is 28.9 Å². The van der Waals surface area contributed by atoms with Crippen molar-refractivity contribution in [1.82, 2.24) is 19.9 Å². The average molecular weight is 408 g/mol. The third-order valence-corrected chi connectivity index (χ3v) is 4.66. The SMILES string of the molecule is CCc1nc(-c2ccc(-n3cc(C(=O)Nc4ccc(Cl)cc4)c(C)n3)cc2)no1. The number of halogens is 1. The minimum atomic E-state index is -0.230. The van der Waals surface area contributed by atoms with Gasteiger partial charge in [0.15, 0.2) is 0 Å². The normalized spacial score (nSPS) is 10.9. The molecule has 0 aliphatic carbocycles. The summed E-state index contributed by atoms with van der Waals surface area (Å²) in [7, 11) is 0. The van der Waals surface area contributed by atoms with E-state index in [1.165, 1.54) is 0 Å². The molecule has 2 aromatic heterocycles. The van der Waals surface area contributed by atoms with E-state index in [0.29, 0.717) is 40.1 Å². The maximum atomic E-state index is 12.6. The van der Waals surface area contributed by atoms with Crippen LogP contribution in [0.15, 0.2) is 59.3 Å². The van der Waals surface area contributed by atoms with Crippen LogP contribution in [0.3, 0.4) is 0 Å². The van der Waals surface area contributed by atoms with Crippen molar-refractivity contribution in [2.75, 3.05) is 5.32 Å². The molecule has 0 spiro atoms. The highest BCUT2D eigenvalue weighted by Gasteiger charge is 2.15. The Bertz CT molecular complexity index is 1150. The van der Waals surface area contributed by atoms with Crippen molar-refractivity contribution in [2.45, 2.75) is 20.3 Å². The summed E-state index contributed by atoms with van der Waals surface area (Å²) >= 11 is 5.88. The first-order chi connectivity index (χ1) is 14.0. The van der Waals surface area contributed by atoms with E-state index in [0.717, 1.165) is 11.3 Å². The van der Waals surface area contributed by atoms with Crippen LogP contribution < -0.4 is 5.32 Å². The molecule has 0 atom stereocenters. The Labute approximate surface area is 172 Å². The molecule has 1 amide bonds. The highest BCUT2D eigenvalue weighted by Crippen LogP contribution is 2.20. The number of nitrogens with zero attached hydrogens (tertiary/aromatic N) is 4. The predicted octanol–water partition coefficient (Wildman–Crippen LogP) is 4.70. The van der Waals surface area contributed by atoms with Crippen LogP contribution in [0, 0.1) is 6.92 Å². The highest BCUT2D eigenvalue weighted by molar-refractivity contribution is 6.30. The van der Waals surface area contributed by atoms with Crippen molar-refractivity contribution in [3.63, 3.8) is 0 Å². The van der Waals surface area contributed by atoms with Crippen LogP contribution in [0.25, 0.3) is 17.1 Å². The van der Waals surface area contributed by atoms with E-state index in [4.69, 9.17) is 16.1 Å². The van der Waals surface area contributed by atoms with Gasteiger partial charge < -0.3 is 9.84 Å². The Kier molecular flexibility index (Phi) is 5.14. The quantitative estimate of drug-likeness (QED) is 0.518. The number of hydrogen-bond acceptors (Lipinski definition) is 5. The van der Waals surface area contributed by atoms with Crippen molar-refractivity contribution < 1.29 is 9.32 Å². The molecule has 4 aromatic rings. The number of nitrogens with one attached hydrogen (secondary N) is 1. The van der Waals surface area contributed by atoms with Crippen LogP contribution in [0.2, 0.25) is 5.02 Å². The zero-order valence-electron chi connectivity index (χ0n) is 15.9. The minimum absolute atomic E-state index is 0.230. The van der Waals surface area contributed by atoms with Gasteiger partial charge in [0.05, 0.1) is 16.9 Å². The Morgan fingerprint density at radius 3 is 2.52 bits per heavy atom. The predicted molar refractivity (Wildman–Crippen MR) is 110 cm³/mol. The number of benzene rings is 2. The molecule has 0 unspecified atom stereocenters. The minimum Gasteiger partial charge on any atom is -0.339 e. The monoisotopic (exact) mass is 407 g/mol. The number of aromatic nitrogens is 4. The van der Waals surface area contributed by atoms with E-state index >= 15 is 0 Å². The molecule has 0 fully saturated rings. The van der Waals surface area contributed by atoms with Gasteiger partial charge in [-0.1, -0.05) is 23.7 Å². The molecule has 0 aliphatic rings. The van der Waals surface area contributed by atoms with E-state index in [-0.39, 0.29) is 5.91 Å². The van der Waals surface area contributed by atoms with E-state index in [1.54, 1.807) is 42.1 Å². The fourth-order valence-electron chi connectivity index (χ4n) is 2.83. The Hall–Kier alpha value is -3.45. The fourth-order valence-corrected chi connectivity index (χ4v) is 2.95. The van der Waals surface area contributed by atoms with Crippen molar-refractivity contribution >= 4 is 23.2 Å². The second kappa shape index (κ2) is 7.89. The maximum Gasteiger partial charge on any atom is 0.259 e. The number of carbonyl (C=O) groups excluding carboxylic acids is 1. The molecule has 0 bridgehead atoms. The number of anilines is 1. The summed E-state index contributed by atoms with van der Waals surface area (Å²) in [6.07, 6.45) is 2.40. The molecule has 146 valence electrons. The summed E-state index contributed by atoms with van der Waals surface area (Å²) in [5.41, 5.74) is 3.46.